The third-order valence-electron chi connectivity index (χ3n) is 6.24. The van der Waals surface area contributed by atoms with Crippen LogP contribution in [0.3, 0.4) is 0 Å². The normalized spacial score (nSPS) is 13.9. The Morgan fingerprint density at radius 3 is 2.56 bits per heavy atom. The minimum atomic E-state index is -0.495. The Kier molecular flexibility index (Phi) is 7.94. The van der Waals surface area contributed by atoms with Gasteiger partial charge in [0, 0.05) is 55.1 Å². The number of hydroxylamine groups is 2. The van der Waals surface area contributed by atoms with Gasteiger partial charge in [-0.3, -0.25) is 15.1 Å². The molecule has 2 amide bonds. The van der Waals surface area contributed by atoms with Gasteiger partial charge < -0.3 is 15.1 Å². The van der Waals surface area contributed by atoms with Crippen molar-refractivity contribution >= 4 is 44.5 Å². The highest BCUT2D eigenvalue weighted by Crippen LogP contribution is 2.40. The third kappa shape index (κ3) is 5.81. The summed E-state index contributed by atoms with van der Waals surface area (Å²) in [6.07, 6.45) is 3.66. The fourth-order valence-electron chi connectivity index (χ4n) is 4.28. The number of anilines is 2. The summed E-state index contributed by atoms with van der Waals surface area (Å²) >= 11 is 1.20. The molecule has 0 saturated carbocycles. The summed E-state index contributed by atoms with van der Waals surface area (Å²) in [5.74, 6) is 0.0155. The van der Waals surface area contributed by atoms with Crippen molar-refractivity contribution in [2.45, 2.75) is 20.3 Å². The summed E-state index contributed by atoms with van der Waals surface area (Å²) in [5, 5.41) is 7.30. The lowest BCUT2D eigenvalue weighted by atomic mass is 10.0. The molecule has 1 aliphatic heterocycles. The molecular weight excluding hydrogens is 521 g/mol. The van der Waals surface area contributed by atoms with Crippen LogP contribution in [-0.4, -0.2) is 64.7 Å². The first kappa shape index (κ1) is 26.4. The zero-order valence-corrected chi connectivity index (χ0v) is 22.4. The van der Waals surface area contributed by atoms with E-state index in [9.17, 15) is 9.59 Å². The summed E-state index contributed by atoms with van der Waals surface area (Å²) in [4.78, 5) is 44.5. The van der Waals surface area contributed by atoms with E-state index in [1.54, 1.807) is 30.4 Å². The largest absolute Gasteiger partial charge is 0.368 e. The first-order valence-corrected chi connectivity index (χ1v) is 13.5. The van der Waals surface area contributed by atoms with Crippen LogP contribution in [0.15, 0.2) is 48.8 Å². The minimum absolute atomic E-state index is 0.159. The topological polar surface area (TPSA) is 113 Å². The number of hydrogen-bond donors (Lipinski definition) is 2. The molecule has 2 N–H and O–H groups in total. The predicted octanol–water partition coefficient (Wildman–Crippen LogP) is 4.69. The van der Waals surface area contributed by atoms with E-state index in [1.165, 1.54) is 11.3 Å². The molecule has 1 saturated heterocycles. The number of pyridine rings is 2. The molecule has 1 fully saturated rings. The van der Waals surface area contributed by atoms with Crippen LogP contribution in [-0.2, 0) is 9.63 Å². The monoisotopic (exact) mass is 549 g/mol. The van der Waals surface area contributed by atoms with E-state index in [2.05, 4.69) is 30.5 Å². The molecule has 0 spiro atoms. The number of aromatic nitrogens is 3. The number of nitrogens with one attached hydrogen (secondary N) is 2. The molecule has 1 aliphatic rings. The molecule has 0 radical (unpaired) electrons. The lowest BCUT2D eigenvalue weighted by Crippen LogP contribution is -2.47. The number of rotatable bonds is 7. The highest BCUT2D eigenvalue weighted by atomic mass is 32.1. The molecule has 4 aromatic rings. The number of piperazine rings is 1. The molecule has 12 heteroatoms. The number of nitrogens with zero attached hydrogens (tertiary/aromatic N) is 5. The van der Waals surface area contributed by atoms with Gasteiger partial charge in [-0.05, 0) is 37.3 Å². The molecule has 0 bridgehead atoms. The second-order valence-corrected chi connectivity index (χ2v) is 9.82. The predicted molar refractivity (Wildman–Crippen MR) is 149 cm³/mol. The van der Waals surface area contributed by atoms with Crippen LogP contribution < -0.4 is 15.5 Å². The minimum Gasteiger partial charge on any atom is -0.368 e. The van der Waals surface area contributed by atoms with Crippen molar-refractivity contribution in [2.75, 3.05) is 42.9 Å². The molecule has 0 aliphatic carbocycles. The second-order valence-electron chi connectivity index (χ2n) is 8.82. The summed E-state index contributed by atoms with van der Waals surface area (Å²) in [7, 11) is 0. The van der Waals surface area contributed by atoms with Crippen LogP contribution in [0.4, 0.5) is 20.1 Å². The summed E-state index contributed by atoms with van der Waals surface area (Å²) in [6, 6.07) is 10.6. The van der Waals surface area contributed by atoms with Crippen molar-refractivity contribution in [2.24, 2.45) is 0 Å². The highest BCUT2D eigenvalue weighted by Gasteiger charge is 2.23. The van der Waals surface area contributed by atoms with Gasteiger partial charge in [0.15, 0.2) is 10.9 Å². The Morgan fingerprint density at radius 2 is 1.90 bits per heavy atom. The van der Waals surface area contributed by atoms with Crippen molar-refractivity contribution in [3.05, 3.63) is 54.6 Å². The van der Waals surface area contributed by atoms with E-state index in [-0.39, 0.29) is 11.5 Å². The lowest BCUT2D eigenvalue weighted by molar-refractivity contribution is -0.191. The summed E-state index contributed by atoms with van der Waals surface area (Å²) in [6.45, 7) is 6.47. The number of fused-ring (bicyclic) bond motifs is 1. The number of urea groups is 1. The maximum absolute atomic E-state index is 15.9. The van der Waals surface area contributed by atoms with Crippen LogP contribution in [0.5, 0.6) is 0 Å². The van der Waals surface area contributed by atoms with Gasteiger partial charge in [0.1, 0.15) is 11.3 Å². The number of benzene rings is 1. The van der Waals surface area contributed by atoms with Crippen LogP contribution >= 0.6 is 11.3 Å². The standard InChI is InChI=1S/C27H28FN7O3S/c1-3-22(36)38-35-13-11-34(12-14-35)21-9-8-17(16-31-21)18-15-19(20-7-5-6-10-30-20)25-24(23(18)28)32-27(39-25)33-26(37)29-4-2/h5-10,15-16H,3-4,11-14H2,1-2H3,(H2,29,32,33,37). The number of thiazole rings is 1. The van der Waals surface area contributed by atoms with Crippen molar-refractivity contribution in [1.29, 1.82) is 0 Å². The summed E-state index contributed by atoms with van der Waals surface area (Å²) < 4.78 is 16.5. The van der Waals surface area contributed by atoms with Gasteiger partial charge in [-0.1, -0.05) is 24.3 Å². The van der Waals surface area contributed by atoms with Gasteiger partial charge in [0.2, 0.25) is 0 Å². The number of amides is 2. The highest BCUT2D eigenvalue weighted by molar-refractivity contribution is 7.22. The molecule has 5 rings (SSSR count). The van der Waals surface area contributed by atoms with Crippen molar-refractivity contribution < 1.29 is 18.8 Å². The second kappa shape index (κ2) is 11.7. The number of carbonyl (C=O) groups excluding carboxylic acids is 2. The number of halogens is 1. The first-order chi connectivity index (χ1) is 19.0. The Balaban J connectivity index is 1.45. The van der Waals surface area contributed by atoms with Gasteiger partial charge in [0.05, 0.1) is 23.5 Å². The van der Waals surface area contributed by atoms with Crippen LogP contribution in [0.25, 0.3) is 32.6 Å². The lowest BCUT2D eigenvalue weighted by Gasteiger charge is -2.34. The maximum Gasteiger partial charge on any atom is 0.324 e. The Morgan fingerprint density at radius 1 is 1.08 bits per heavy atom. The molecule has 0 unspecified atom stereocenters. The van der Waals surface area contributed by atoms with Gasteiger partial charge in [0.25, 0.3) is 0 Å². The fourth-order valence-corrected chi connectivity index (χ4v) is 5.26. The van der Waals surface area contributed by atoms with Gasteiger partial charge in [-0.25, -0.2) is 19.2 Å². The zero-order valence-electron chi connectivity index (χ0n) is 21.6. The number of carbonyl (C=O) groups is 2. The third-order valence-corrected chi connectivity index (χ3v) is 7.25. The molecule has 202 valence electrons. The van der Waals surface area contributed by atoms with E-state index in [0.717, 1.165) is 5.82 Å². The van der Waals surface area contributed by atoms with Crippen molar-refractivity contribution in [1.82, 2.24) is 25.3 Å². The molecule has 1 aromatic carbocycles. The van der Waals surface area contributed by atoms with Crippen LogP contribution in [0, 0.1) is 5.82 Å². The van der Waals surface area contributed by atoms with Crippen LogP contribution in [0.2, 0.25) is 0 Å². The molecule has 3 aromatic heterocycles. The average Bonchev–Trinajstić information content (AvgIpc) is 3.38. The zero-order chi connectivity index (χ0) is 27.4. The van der Waals surface area contributed by atoms with E-state index >= 15 is 4.39 Å². The number of hydrogen-bond acceptors (Lipinski definition) is 9. The molecule has 10 nitrogen and oxygen atoms in total. The van der Waals surface area contributed by atoms with E-state index in [1.807, 2.05) is 37.3 Å². The van der Waals surface area contributed by atoms with E-state index in [4.69, 9.17) is 4.84 Å². The van der Waals surface area contributed by atoms with E-state index in [0.29, 0.717) is 71.4 Å². The first-order valence-electron chi connectivity index (χ1n) is 12.7. The molecule has 4 heterocycles. The quantitative estimate of drug-likeness (QED) is 0.342. The Bertz CT molecular complexity index is 1470. The van der Waals surface area contributed by atoms with Crippen LogP contribution in [0.1, 0.15) is 20.3 Å². The summed E-state index contributed by atoms with van der Waals surface area (Å²) in [5.41, 5.74) is 2.48. The van der Waals surface area contributed by atoms with E-state index < -0.39 is 11.8 Å². The smallest absolute Gasteiger partial charge is 0.324 e. The Labute approximate surface area is 228 Å². The molecule has 0 atom stereocenters. The maximum atomic E-state index is 15.9. The van der Waals surface area contributed by atoms with Gasteiger partial charge >= 0.3 is 12.0 Å². The molecular formula is C27H28FN7O3S. The molecule has 39 heavy (non-hydrogen) atoms. The van der Waals surface area contributed by atoms with Gasteiger partial charge in [-0.15, -0.1) is 5.06 Å². The SMILES string of the molecule is CCNC(=O)Nc1nc2c(F)c(-c3ccc(N4CCN(OC(=O)CC)CC4)nc3)cc(-c3ccccn3)c2s1. The average molecular weight is 550 g/mol. The van der Waals surface area contributed by atoms with Crippen molar-refractivity contribution in [3.63, 3.8) is 0 Å². The fraction of sp³-hybridized carbons (Fsp3) is 0.296. The Hall–Kier alpha value is -4.16. The van der Waals surface area contributed by atoms with Crippen molar-refractivity contribution in [3.8, 4) is 22.4 Å². The van der Waals surface area contributed by atoms with Gasteiger partial charge in [-0.2, -0.15) is 0 Å².